The van der Waals surface area contributed by atoms with E-state index in [1.807, 2.05) is 24.0 Å². The van der Waals surface area contributed by atoms with E-state index in [4.69, 9.17) is 0 Å². The van der Waals surface area contributed by atoms with Gasteiger partial charge in [-0.3, -0.25) is 9.89 Å². The number of piperidine rings is 1. The van der Waals surface area contributed by atoms with E-state index in [1.54, 1.807) is 24.4 Å². The Morgan fingerprint density at radius 3 is 2.65 bits per heavy atom. The lowest BCUT2D eigenvalue weighted by atomic mass is 9.96. The van der Waals surface area contributed by atoms with Crippen molar-refractivity contribution in [3.8, 4) is 0 Å². The molecule has 8 heteroatoms. The summed E-state index contributed by atoms with van der Waals surface area (Å²) >= 11 is 0. The van der Waals surface area contributed by atoms with Crippen LogP contribution in [0.25, 0.3) is 10.9 Å². The molecule has 0 saturated carbocycles. The lowest BCUT2D eigenvalue weighted by Crippen LogP contribution is -2.44. The first kappa shape index (κ1) is 21.5. The number of hydrogen-bond acceptors (Lipinski definition) is 4. The van der Waals surface area contributed by atoms with Crippen LogP contribution in [0.5, 0.6) is 0 Å². The van der Waals surface area contributed by atoms with Crippen molar-refractivity contribution >= 4 is 26.8 Å². The minimum absolute atomic E-state index is 0.113. The summed E-state index contributed by atoms with van der Waals surface area (Å²) in [4.78, 5) is 15.3. The highest BCUT2D eigenvalue weighted by atomic mass is 32.2. The lowest BCUT2D eigenvalue weighted by molar-refractivity contribution is -0.137. The van der Waals surface area contributed by atoms with Crippen LogP contribution < -0.4 is 0 Å². The van der Waals surface area contributed by atoms with Crippen molar-refractivity contribution in [2.75, 3.05) is 19.6 Å². The Labute approximate surface area is 183 Å². The summed E-state index contributed by atoms with van der Waals surface area (Å²) in [7, 11) is -3.60. The summed E-state index contributed by atoms with van der Waals surface area (Å²) in [6.07, 6.45) is 2.74. The van der Waals surface area contributed by atoms with Gasteiger partial charge in [-0.2, -0.15) is 9.40 Å². The Morgan fingerprint density at radius 1 is 1.19 bits per heavy atom. The molecule has 0 aliphatic carbocycles. The van der Waals surface area contributed by atoms with E-state index < -0.39 is 10.0 Å². The highest BCUT2D eigenvalue weighted by Gasteiger charge is 2.33. The number of aromatic amines is 1. The van der Waals surface area contributed by atoms with Crippen LogP contribution in [0.2, 0.25) is 0 Å². The average Bonchev–Trinajstić information content (AvgIpc) is 3.26. The molecule has 31 heavy (non-hydrogen) atoms. The maximum atomic E-state index is 13.1. The normalized spacial score (nSPS) is 15.9. The largest absolute Gasteiger partial charge is 0.338 e. The molecule has 2 heterocycles. The number of sulfonamides is 1. The van der Waals surface area contributed by atoms with Crippen molar-refractivity contribution < 1.29 is 13.2 Å². The third-order valence-corrected chi connectivity index (χ3v) is 8.06. The van der Waals surface area contributed by atoms with Crippen molar-refractivity contribution in [1.82, 2.24) is 19.4 Å². The van der Waals surface area contributed by atoms with Gasteiger partial charge in [0.1, 0.15) is 0 Å². The molecule has 164 valence electrons. The zero-order chi connectivity index (χ0) is 22.0. The molecule has 3 aromatic rings. The fourth-order valence-corrected chi connectivity index (χ4v) is 5.66. The number of aromatic nitrogens is 2. The number of aryl methyl sites for hydroxylation is 1. The van der Waals surface area contributed by atoms with Crippen molar-refractivity contribution in [2.45, 2.75) is 38.1 Å². The first-order chi connectivity index (χ1) is 14.9. The second-order valence-electron chi connectivity index (χ2n) is 8.08. The third-order valence-electron chi connectivity index (χ3n) is 6.17. The molecule has 0 bridgehead atoms. The van der Waals surface area contributed by atoms with Gasteiger partial charge in [0.2, 0.25) is 15.9 Å². The minimum Gasteiger partial charge on any atom is -0.338 e. The number of hydrogen-bond donors (Lipinski definition) is 1. The number of fused-ring (bicyclic) bond motifs is 1. The standard InChI is InChI=1S/C23H28N4O3S/c1-3-26(16-20-7-5-4-6-17(20)2)23(28)18-10-12-27(13-11-18)31(29,30)21-9-8-19-15-24-25-22(19)14-21/h4-9,14-15,18H,3,10-13,16H2,1-2H3,(H,24,25). The Hall–Kier alpha value is -2.71. The molecule has 0 unspecified atom stereocenters. The Bertz CT molecular complexity index is 1180. The molecule has 1 aromatic heterocycles. The Morgan fingerprint density at radius 2 is 1.94 bits per heavy atom. The first-order valence-electron chi connectivity index (χ1n) is 10.7. The fraction of sp³-hybridized carbons (Fsp3) is 0.391. The first-order valence-corrected chi connectivity index (χ1v) is 12.1. The summed E-state index contributed by atoms with van der Waals surface area (Å²) in [6.45, 7) is 5.96. The Kier molecular flexibility index (Phi) is 6.11. The van der Waals surface area contributed by atoms with Crippen LogP contribution >= 0.6 is 0 Å². The topological polar surface area (TPSA) is 86.4 Å². The van der Waals surface area contributed by atoms with E-state index >= 15 is 0 Å². The van der Waals surface area contributed by atoms with Gasteiger partial charge in [0.15, 0.2) is 0 Å². The predicted octanol–water partition coefficient (Wildman–Crippen LogP) is 3.32. The highest BCUT2D eigenvalue weighted by molar-refractivity contribution is 7.89. The number of benzene rings is 2. The summed E-state index contributed by atoms with van der Waals surface area (Å²) in [6, 6.07) is 13.1. The second kappa shape index (κ2) is 8.80. The van der Waals surface area contributed by atoms with Crippen LogP contribution in [0.3, 0.4) is 0 Å². The van der Waals surface area contributed by atoms with Gasteiger partial charge in [-0.05, 0) is 56.0 Å². The second-order valence-corrected chi connectivity index (χ2v) is 10.0. The van der Waals surface area contributed by atoms with Gasteiger partial charge < -0.3 is 4.90 Å². The molecule has 1 fully saturated rings. The zero-order valence-corrected chi connectivity index (χ0v) is 18.7. The summed E-state index contributed by atoms with van der Waals surface area (Å²) in [5.74, 6) is -0.0350. The molecule has 7 nitrogen and oxygen atoms in total. The van der Waals surface area contributed by atoms with E-state index in [2.05, 4.69) is 29.3 Å². The molecule has 2 aromatic carbocycles. The van der Waals surface area contributed by atoms with Gasteiger partial charge in [0.25, 0.3) is 0 Å². The molecule has 0 atom stereocenters. The number of nitrogens with one attached hydrogen (secondary N) is 1. The summed E-state index contributed by atoms with van der Waals surface area (Å²) in [5, 5.41) is 7.64. The van der Waals surface area contributed by atoms with Gasteiger partial charge in [0, 0.05) is 37.5 Å². The number of rotatable bonds is 6. The van der Waals surface area contributed by atoms with Gasteiger partial charge >= 0.3 is 0 Å². The molecule has 1 aliphatic heterocycles. The van der Waals surface area contributed by atoms with E-state index in [9.17, 15) is 13.2 Å². The molecule has 4 rings (SSSR count). The van der Waals surface area contributed by atoms with E-state index in [0.29, 0.717) is 44.5 Å². The lowest BCUT2D eigenvalue weighted by Gasteiger charge is -2.33. The number of H-pyrrole nitrogens is 1. The van der Waals surface area contributed by atoms with Crippen LogP contribution in [0.1, 0.15) is 30.9 Å². The summed E-state index contributed by atoms with van der Waals surface area (Å²) in [5.41, 5.74) is 3.01. The SMILES string of the molecule is CCN(Cc1ccccc1C)C(=O)C1CCN(S(=O)(=O)c2ccc3cn[nH]c3c2)CC1. The number of amides is 1. The van der Waals surface area contributed by atoms with Crippen molar-refractivity contribution in [1.29, 1.82) is 0 Å². The van der Waals surface area contributed by atoms with Crippen LogP contribution in [0.15, 0.2) is 53.6 Å². The van der Waals surface area contributed by atoms with Gasteiger partial charge in [-0.15, -0.1) is 0 Å². The van der Waals surface area contributed by atoms with Crippen LogP contribution in [0.4, 0.5) is 0 Å². The van der Waals surface area contributed by atoms with Crippen LogP contribution in [-0.4, -0.2) is 53.4 Å². The molecule has 0 spiro atoms. The van der Waals surface area contributed by atoms with E-state index in [-0.39, 0.29) is 16.7 Å². The molecular weight excluding hydrogens is 412 g/mol. The average molecular weight is 441 g/mol. The number of nitrogens with zero attached hydrogens (tertiary/aromatic N) is 3. The van der Waals surface area contributed by atoms with Crippen LogP contribution in [0, 0.1) is 12.8 Å². The molecule has 1 N–H and O–H groups in total. The van der Waals surface area contributed by atoms with Gasteiger partial charge in [-0.25, -0.2) is 8.42 Å². The maximum absolute atomic E-state index is 13.1. The highest BCUT2D eigenvalue weighted by Crippen LogP contribution is 2.27. The quantitative estimate of drug-likeness (QED) is 0.637. The monoisotopic (exact) mass is 440 g/mol. The van der Waals surface area contributed by atoms with E-state index in [1.165, 1.54) is 9.87 Å². The maximum Gasteiger partial charge on any atom is 0.243 e. The smallest absolute Gasteiger partial charge is 0.243 e. The molecular formula is C23H28N4O3S. The van der Waals surface area contributed by atoms with Crippen molar-refractivity contribution in [3.05, 3.63) is 59.8 Å². The predicted molar refractivity (Wildman–Crippen MR) is 120 cm³/mol. The van der Waals surface area contributed by atoms with Gasteiger partial charge in [-0.1, -0.05) is 24.3 Å². The molecule has 1 amide bonds. The Balaban J connectivity index is 1.42. The molecule has 1 aliphatic rings. The number of carbonyl (C=O) groups excluding carboxylic acids is 1. The number of carbonyl (C=O) groups is 1. The fourth-order valence-electron chi connectivity index (χ4n) is 4.17. The van der Waals surface area contributed by atoms with Gasteiger partial charge in [0.05, 0.1) is 16.6 Å². The third kappa shape index (κ3) is 4.36. The minimum atomic E-state index is -3.60. The van der Waals surface area contributed by atoms with E-state index in [0.717, 1.165) is 10.9 Å². The molecule has 1 saturated heterocycles. The zero-order valence-electron chi connectivity index (χ0n) is 17.9. The summed E-state index contributed by atoms with van der Waals surface area (Å²) < 4.78 is 27.7. The molecule has 0 radical (unpaired) electrons. The van der Waals surface area contributed by atoms with Crippen LogP contribution in [-0.2, 0) is 21.4 Å². The van der Waals surface area contributed by atoms with Crippen molar-refractivity contribution in [2.24, 2.45) is 5.92 Å². The van der Waals surface area contributed by atoms with Crippen molar-refractivity contribution in [3.63, 3.8) is 0 Å².